The maximum atomic E-state index is 11.6. The molecule has 14 heavy (non-hydrogen) atoms. The Bertz CT molecular complexity index is 318. The lowest BCUT2D eigenvalue weighted by atomic mass is 10.0. The van der Waals surface area contributed by atoms with Crippen molar-refractivity contribution in [2.45, 2.75) is 6.92 Å². The average molecular weight is 230 g/mol. The largest absolute Gasteiger partial charge is 0.299 e. The molecule has 0 heterocycles. The first kappa shape index (κ1) is 11.5. The Kier molecular flexibility index (Phi) is 3.55. The summed E-state index contributed by atoms with van der Waals surface area (Å²) in [7, 11) is 0. The number of hydrogen-bond donors (Lipinski definition) is 0. The monoisotopic (exact) mass is 230 g/mol. The van der Waals surface area contributed by atoms with Crippen LogP contribution in [0.4, 0.5) is 0 Å². The van der Waals surface area contributed by atoms with Gasteiger partial charge in [-0.3, -0.25) is 14.4 Å². The standard InChI is InChI=1S/C9H10O3S2/c1-4(10)5-6(11)8(13-2)9(14-3)7(5)12/h5H,1-3H3. The maximum absolute atomic E-state index is 11.6. The summed E-state index contributed by atoms with van der Waals surface area (Å²) >= 11 is 2.47. The van der Waals surface area contributed by atoms with Gasteiger partial charge in [0, 0.05) is 0 Å². The molecule has 0 atom stereocenters. The molecule has 1 rings (SSSR count). The summed E-state index contributed by atoms with van der Waals surface area (Å²) < 4.78 is 0. The van der Waals surface area contributed by atoms with Crippen LogP contribution in [0.3, 0.4) is 0 Å². The molecular weight excluding hydrogens is 220 g/mol. The minimum atomic E-state index is -1.07. The molecular formula is C9H10O3S2. The minimum Gasteiger partial charge on any atom is -0.299 e. The molecule has 0 aromatic heterocycles. The van der Waals surface area contributed by atoms with E-state index in [0.29, 0.717) is 9.81 Å². The van der Waals surface area contributed by atoms with Gasteiger partial charge in [0.2, 0.25) is 0 Å². The van der Waals surface area contributed by atoms with Gasteiger partial charge in [-0.2, -0.15) is 0 Å². The number of ketones is 3. The van der Waals surface area contributed by atoms with Crippen molar-refractivity contribution in [1.82, 2.24) is 0 Å². The van der Waals surface area contributed by atoms with Gasteiger partial charge in [-0.15, -0.1) is 23.5 Å². The third kappa shape index (κ3) is 1.66. The van der Waals surface area contributed by atoms with Crippen LogP contribution >= 0.6 is 23.5 Å². The highest BCUT2D eigenvalue weighted by Gasteiger charge is 2.42. The third-order valence-corrected chi connectivity index (χ3v) is 3.75. The SMILES string of the molecule is CSC1=C(SC)C(=O)C(C(C)=O)C1=O. The van der Waals surface area contributed by atoms with E-state index in [0.717, 1.165) is 0 Å². The molecule has 0 saturated heterocycles. The van der Waals surface area contributed by atoms with Crippen molar-refractivity contribution < 1.29 is 14.4 Å². The molecule has 1 aliphatic rings. The molecule has 3 nitrogen and oxygen atoms in total. The van der Waals surface area contributed by atoms with Crippen molar-refractivity contribution >= 4 is 40.9 Å². The molecule has 76 valence electrons. The molecule has 1 aliphatic carbocycles. The molecule has 0 N–H and O–H groups in total. The number of rotatable bonds is 3. The Labute approximate surface area is 90.7 Å². The Morgan fingerprint density at radius 1 is 1.07 bits per heavy atom. The molecule has 0 aromatic rings. The fraction of sp³-hybridized carbons (Fsp3) is 0.444. The minimum absolute atomic E-state index is 0.334. The summed E-state index contributed by atoms with van der Waals surface area (Å²) in [6.45, 7) is 1.28. The molecule has 0 spiro atoms. The van der Waals surface area contributed by atoms with Gasteiger partial charge < -0.3 is 0 Å². The van der Waals surface area contributed by atoms with E-state index in [2.05, 4.69) is 0 Å². The second-order valence-electron chi connectivity index (χ2n) is 2.84. The van der Waals surface area contributed by atoms with Crippen molar-refractivity contribution in [3.05, 3.63) is 9.81 Å². The topological polar surface area (TPSA) is 51.2 Å². The highest BCUT2D eigenvalue weighted by atomic mass is 32.2. The van der Waals surface area contributed by atoms with Gasteiger partial charge in [0.15, 0.2) is 11.6 Å². The average Bonchev–Trinajstić information content (AvgIpc) is 2.36. The van der Waals surface area contributed by atoms with Crippen molar-refractivity contribution in [3.63, 3.8) is 0 Å². The van der Waals surface area contributed by atoms with E-state index < -0.39 is 5.92 Å². The lowest BCUT2D eigenvalue weighted by Gasteiger charge is -2.00. The van der Waals surface area contributed by atoms with Crippen LogP contribution in [0.25, 0.3) is 0 Å². The molecule has 0 saturated carbocycles. The zero-order valence-corrected chi connectivity index (χ0v) is 9.75. The summed E-state index contributed by atoms with van der Waals surface area (Å²) in [6.07, 6.45) is 3.47. The zero-order valence-electron chi connectivity index (χ0n) is 8.12. The molecule has 0 aliphatic heterocycles. The van der Waals surface area contributed by atoms with Crippen LogP contribution < -0.4 is 0 Å². The van der Waals surface area contributed by atoms with Crippen LogP contribution in [0.2, 0.25) is 0 Å². The van der Waals surface area contributed by atoms with Gasteiger partial charge >= 0.3 is 0 Å². The van der Waals surface area contributed by atoms with Crippen LogP contribution in [-0.2, 0) is 14.4 Å². The summed E-state index contributed by atoms with van der Waals surface area (Å²) in [5, 5.41) is 0. The van der Waals surface area contributed by atoms with Gasteiger partial charge in [-0.05, 0) is 19.4 Å². The molecule has 0 unspecified atom stereocenters. The van der Waals surface area contributed by atoms with E-state index >= 15 is 0 Å². The first-order valence-electron chi connectivity index (χ1n) is 3.95. The van der Waals surface area contributed by atoms with Crippen molar-refractivity contribution in [1.29, 1.82) is 0 Å². The number of Topliss-reactive ketones (excluding diaryl/α,β-unsaturated/α-hetero) is 3. The molecule has 0 radical (unpaired) electrons. The van der Waals surface area contributed by atoms with E-state index in [1.54, 1.807) is 12.5 Å². The molecule has 0 fully saturated rings. The highest BCUT2D eigenvalue weighted by Crippen LogP contribution is 2.36. The quantitative estimate of drug-likeness (QED) is 0.684. The Hall–Kier alpha value is -0.550. The molecule has 5 heteroatoms. The Morgan fingerprint density at radius 2 is 1.43 bits per heavy atom. The zero-order chi connectivity index (χ0) is 10.9. The van der Waals surface area contributed by atoms with E-state index in [-0.39, 0.29) is 17.3 Å². The van der Waals surface area contributed by atoms with E-state index in [1.165, 1.54) is 30.4 Å². The van der Waals surface area contributed by atoms with Crippen LogP contribution in [0, 0.1) is 5.92 Å². The van der Waals surface area contributed by atoms with Crippen molar-refractivity contribution in [3.8, 4) is 0 Å². The fourth-order valence-electron chi connectivity index (χ4n) is 1.36. The van der Waals surface area contributed by atoms with Crippen LogP contribution in [0.5, 0.6) is 0 Å². The van der Waals surface area contributed by atoms with Gasteiger partial charge in [0.05, 0.1) is 9.81 Å². The summed E-state index contributed by atoms with van der Waals surface area (Å²) in [4.78, 5) is 35.2. The smallest absolute Gasteiger partial charge is 0.188 e. The van der Waals surface area contributed by atoms with Crippen molar-refractivity contribution in [2.75, 3.05) is 12.5 Å². The highest BCUT2D eigenvalue weighted by molar-refractivity contribution is 8.07. The molecule has 0 amide bonds. The Balaban J connectivity index is 3.15. The van der Waals surface area contributed by atoms with E-state index in [1.807, 2.05) is 0 Å². The first-order chi connectivity index (χ1) is 6.54. The van der Waals surface area contributed by atoms with Crippen molar-refractivity contribution in [2.24, 2.45) is 5.92 Å². The van der Waals surface area contributed by atoms with Gasteiger partial charge in [0.1, 0.15) is 11.7 Å². The fourth-order valence-corrected chi connectivity index (χ4v) is 3.07. The summed E-state index contributed by atoms with van der Waals surface area (Å²) in [5.41, 5.74) is 0. The van der Waals surface area contributed by atoms with Gasteiger partial charge in [-0.1, -0.05) is 0 Å². The number of allylic oxidation sites excluding steroid dienone is 2. The number of thioether (sulfide) groups is 2. The van der Waals surface area contributed by atoms with Crippen LogP contribution in [0.15, 0.2) is 9.81 Å². The lowest BCUT2D eigenvalue weighted by molar-refractivity contribution is -0.134. The second kappa shape index (κ2) is 4.31. The van der Waals surface area contributed by atoms with E-state index in [4.69, 9.17) is 0 Å². The third-order valence-electron chi connectivity index (χ3n) is 1.99. The van der Waals surface area contributed by atoms with E-state index in [9.17, 15) is 14.4 Å². The summed E-state index contributed by atoms with van der Waals surface area (Å²) in [5.74, 6) is -2.10. The van der Waals surface area contributed by atoms with Gasteiger partial charge in [-0.25, -0.2) is 0 Å². The maximum Gasteiger partial charge on any atom is 0.188 e. The predicted octanol–water partition coefficient (Wildman–Crippen LogP) is 1.28. The Morgan fingerprint density at radius 3 is 1.64 bits per heavy atom. The normalized spacial score (nSPS) is 18.2. The first-order valence-corrected chi connectivity index (χ1v) is 6.40. The molecule has 0 aromatic carbocycles. The summed E-state index contributed by atoms with van der Waals surface area (Å²) in [6, 6.07) is 0. The number of carbonyl (C=O) groups excluding carboxylic acids is 3. The second-order valence-corrected chi connectivity index (χ2v) is 4.47. The van der Waals surface area contributed by atoms with Crippen LogP contribution in [-0.4, -0.2) is 29.9 Å². The predicted molar refractivity (Wildman–Crippen MR) is 58.2 cm³/mol. The van der Waals surface area contributed by atoms with Gasteiger partial charge in [0.25, 0.3) is 0 Å². The molecule has 0 bridgehead atoms. The number of hydrogen-bond acceptors (Lipinski definition) is 5. The lowest BCUT2D eigenvalue weighted by Crippen LogP contribution is -2.24. The number of carbonyl (C=O) groups is 3. The van der Waals surface area contributed by atoms with Crippen LogP contribution in [0.1, 0.15) is 6.92 Å².